The summed E-state index contributed by atoms with van der Waals surface area (Å²) in [7, 11) is 0. The Bertz CT molecular complexity index is 830. The Morgan fingerprint density at radius 1 is 1.24 bits per heavy atom. The molecule has 2 aromatic rings. The summed E-state index contributed by atoms with van der Waals surface area (Å²) in [5.41, 5.74) is 1.47. The van der Waals surface area contributed by atoms with Crippen LogP contribution in [0.25, 0.3) is 10.9 Å². The molecule has 0 saturated carbocycles. The fourth-order valence-electron chi connectivity index (χ4n) is 3.56. The molecule has 1 fully saturated rings. The molecular weight excluding hydrogens is 372 g/mol. The molecule has 0 radical (unpaired) electrons. The Morgan fingerprint density at radius 3 is 2.86 bits per heavy atom. The number of nitrogens with one attached hydrogen (secondary N) is 3. The van der Waals surface area contributed by atoms with E-state index in [-0.39, 0.29) is 36.8 Å². The topological polar surface area (TPSA) is 104 Å². The van der Waals surface area contributed by atoms with Gasteiger partial charge in [0.05, 0.1) is 13.0 Å². The Labute approximate surface area is 170 Å². The Kier molecular flexibility index (Phi) is 7.10. The van der Waals surface area contributed by atoms with Crippen molar-refractivity contribution in [2.45, 2.75) is 26.2 Å². The maximum atomic E-state index is 12.5. The van der Waals surface area contributed by atoms with Crippen LogP contribution in [0.3, 0.4) is 0 Å². The quantitative estimate of drug-likeness (QED) is 0.620. The number of piperidine rings is 1. The van der Waals surface area contributed by atoms with Crippen LogP contribution in [0.15, 0.2) is 30.3 Å². The van der Waals surface area contributed by atoms with Gasteiger partial charge in [-0.1, -0.05) is 18.2 Å². The normalized spacial score (nSPS) is 16.4. The van der Waals surface area contributed by atoms with E-state index in [0.717, 1.165) is 23.7 Å². The molecule has 8 nitrogen and oxygen atoms in total. The lowest BCUT2D eigenvalue weighted by Gasteiger charge is -2.32. The summed E-state index contributed by atoms with van der Waals surface area (Å²) in [5.74, 6) is -0.255. The molecule has 1 aliphatic heterocycles. The number of urea groups is 1. The SMILES string of the molecule is CCOC(=O)CCNC(=O)N1CCC[C@@H](CNC(=O)c2cc3ccccc3[nH]2)C1. The van der Waals surface area contributed by atoms with Gasteiger partial charge in [-0.2, -0.15) is 0 Å². The number of hydrogen-bond acceptors (Lipinski definition) is 4. The minimum Gasteiger partial charge on any atom is -0.466 e. The van der Waals surface area contributed by atoms with E-state index in [0.29, 0.717) is 31.9 Å². The van der Waals surface area contributed by atoms with Gasteiger partial charge in [-0.3, -0.25) is 9.59 Å². The smallest absolute Gasteiger partial charge is 0.317 e. The van der Waals surface area contributed by atoms with E-state index in [1.165, 1.54) is 0 Å². The summed E-state index contributed by atoms with van der Waals surface area (Å²) in [6.45, 7) is 4.12. The highest BCUT2D eigenvalue weighted by molar-refractivity contribution is 5.97. The van der Waals surface area contributed by atoms with E-state index >= 15 is 0 Å². The molecule has 0 aliphatic carbocycles. The van der Waals surface area contributed by atoms with E-state index in [1.807, 2.05) is 30.3 Å². The number of H-pyrrole nitrogens is 1. The van der Waals surface area contributed by atoms with Gasteiger partial charge in [0.1, 0.15) is 5.69 Å². The monoisotopic (exact) mass is 400 g/mol. The first-order valence-corrected chi connectivity index (χ1v) is 10.1. The molecule has 1 atom stereocenters. The molecule has 0 unspecified atom stereocenters. The minimum absolute atomic E-state index is 0.141. The number of carbonyl (C=O) groups excluding carboxylic acids is 3. The van der Waals surface area contributed by atoms with Crippen molar-refractivity contribution in [1.82, 2.24) is 20.5 Å². The summed E-state index contributed by atoms with van der Waals surface area (Å²) in [4.78, 5) is 41.0. The zero-order valence-electron chi connectivity index (χ0n) is 16.7. The molecule has 0 spiro atoms. The zero-order valence-corrected chi connectivity index (χ0v) is 16.7. The molecular formula is C21H28N4O4. The van der Waals surface area contributed by atoms with Crippen molar-refractivity contribution in [3.8, 4) is 0 Å². The number of hydrogen-bond donors (Lipinski definition) is 3. The number of fused-ring (bicyclic) bond motifs is 1. The average Bonchev–Trinajstić information content (AvgIpc) is 3.17. The van der Waals surface area contributed by atoms with E-state index in [2.05, 4.69) is 15.6 Å². The Balaban J connectivity index is 1.43. The Hall–Kier alpha value is -3.03. The number of aromatic amines is 1. The number of carbonyl (C=O) groups is 3. The average molecular weight is 400 g/mol. The summed E-state index contributed by atoms with van der Waals surface area (Å²) >= 11 is 0. The van der Waals surface area contributed by atoms with Crippen molar-refractivity contribution in [3.05, 3.63) is 36.0 Å². The first kappa shape index (κ1) is 20.7. The van der Waals surface area contributed by atoms with Gasteiger partial charge in [0.25, 0.3) is 5.91 Å². The Morgan fingerprint density at radius 2 is 2.07 bits per heavy atom. The number of para-hydroxylation sites is 1. The molecule has 1 aromatic carbocycles. The maximum absolute atomic E-state index is 12.5. The van der Waals surface area contributed by atoms with Gasteiger partial charge in [-0.25, -0.2) is 4.79 Å². The molecule has 3 N–H and O–H groups in total. The number of rotatable bonds is 7. The van der Waals surface area contributed by atoms with Crippen molar-refractivity contribution < 1.29 is 19.1 Å². The van der Waals surface area contributed by atoms with Gasteiger partial charge in [0, 0.05) is 37.1 Å². The third kappa shape index (κ3) is 5.73. The number of esters is 1. The number of amides is 3. The highest BCUT2D eigenvalue weighted by Crippen LogP contribution is 2.17. The fourth-order valence-corrected chi connectivity index (χ4v) is 3.56. The van der Waals surface area contributed by atoms with Gasteiger partial charge in [0.2, 0.25) is 0 Å². The minimum atomic E-state index is -0.316. The first-order valence-electron chi connectivity index (χ1n) is 10.1. The van der Waals surface area contributed by atoms with Gasteiger partial charge in [-0.05, 0) is 37.8 Å². The first-order chi connectivity index (χ1) is 14.1. The van der Waals surface area contributed by atoms with Crippen LogP contribution >= 0.6 is 0 Å². The highest BCUT2D eigenvalue weighted by atomic mass is 16.5. The molecule has 0 bridgehead atoms. The number of aromatic nitrogens is 1. The van der Waals surface area contributed by atoms with Crippen LogP contribution in [0.1, 0.15) is 36.7 Å². The molecule has 2 heterocycles. The second-order valence-electron chi connectivity index (χ2n) is 7.22. The second-order valence-corrected chi connectivity index (χ2v) is 7.22. The lowest BCUT2D eigenvalue weighted by molar-refractivity contribution is -0.142. The standard InChI is InChI=1S/C21H28N4O4/c1-2-29-19(26)9-10-22-21(28)25-11-5-6-15(14-25)13-23-20(27)18-12-16-7-3-4-8-17(16)24-18/h3-4,7-8,12,15,24H,2,5-6,9-11,13-14H2,1H3,(H,22,28)(H,23,27)/t15-/m0/s1. The van der Waals surface area contributed by atoms with Crippen LogP contribution in [0, 0.1) is 5.92 Å². The van der Waals surface area contributed by atoms with Crippen molar-refractivity contribution in [1.29, 1.82) is 0 Å². The lowest BCUT2D eigenvalue weighted by Crippen LogP contribution is -2.48. The zero-order chi connectivity index (χ0) is 20.6. The van der Waals surface area contributed by atoms with Gasteiger partial charge < -0.3 is 25.3 Å². The predicted octanol–water partition coefficient (Wildman–Crippen LogP) is 2.27. The van der Waals surface area contributed by atoms with Crippen LogP contribution in [0.2, 0.25) is 0 Å². The third-order valence-electron chi connectivity index (χ3n) is 5.04. The van der Waals surface area contributed by atoms with Crippen LogP contribution in [0.5, 0.6) is 0 Å². The van der Waals surface area contributed by atoms with E-state index < -0.39 is 0 Å². The third-order valence-corrected chi connectivity index (χ3v) is 5.04. The van der Waals surface area contributed by atoms with Crippen molar-refractivity contribution >= 4 is 28.8 Å². The number of benzene rings is 1. The maximum Gasteiger partial charge on any atom is 0.317 e. The van der Waals surface area contributed by atoms with E-state index in [9.17, 15) is 14.4 Å². The summed E-state index contributed by atoms with van der Waals surface area (Å²) < 4.78 is 4.85. The summed E-state index contributed by atoms with van der Waals surface area (Å²) in [6.07, 6.45) is 2.01. The van der Waals surface area contributed by atoms with Crippen molar-refractivity contribution in [2.75, 3.05) is 32.8 Å². The molecule has 29 heavy (non-hydrogen) atoms. The van der Waals surface area contributed by atoms with Crippen molar-refractivity contribution in [3.63, 3.8) is 0 Å². The molecule has 1 aromatic heterocycles. The van der Waals surface area contributed by atoms with Crippen LogP contribution in [0.4, 0.5) is 4.79 Å². The van der Waals surface area contributed by atoms with Crippen LogP contribution in [-0.4, -0.2) is 60.6 Å². The second kappa shape index (κ2) is 9.95. The molecule has 1 saturated heterocycles. The number of ether oxygens (including phenoxy) is 1. The molecule has 3 rings (SSSR count). The largest absolute Gasteiger partial charge is 0.466 e. The van der Waals surface area contributed by atoms with E-state index in [1.54, 1.807) is 11.8 Å². The van der Waals surface area contributed by atoms with E-state index in [4.69, 9.17) is 4.74 Å². The van der Waals surface area contributed by atoms with Gasteiger partial charge in [-0.15, -0.1) is 0 Å². The molecule has 8 heteroatoms. The molecule has 156 valence electrons. The molecule has 1 aliphatic rings. The van der Waals surface area contributed by atoms with Gasteiger partial charge in [0.15, 0.2) is 0 Å². The highest BCUT2D eigenvalue weighted by Gasteiger charge is 2.24. The van der Waals surface area contributed by atoms with Gasteiger partial charge >= 0.3 is 12.0 Å². The predicted molar refractivity (Wildman–Crippen MR) is 110 cm³/mol. The van der Waals surface area contributed by atoms with Crippen LogP contribution in [-0.2, 0) is 9.53 Å². The van der Waals surface area contributed by atoms with Crippen molar-refractivity contribution in [2.24, 2.45) is 5.92 Å². The number of nitrogens with zero attached hydrogens (tertiary/aromatic N) is 1. The molecule has 3 amide bonds. The fraction of sp³-hybridized carbons (Fsp3) is 0.476. The lowest BCUT2D eigenvalue weighted by atomic mass is 9.98. The summed E-state index contributed by atoms with van der Waals surface area (Å²) in [6, 6.07) is 9.42. The van der Waals surface area contributed by atoms with Crippen LogP contribution < -0.4 is 10.6 Å². The summed E-state index contributed by atoms with van der Waals surface area (Å²) in [5, 5.41) is 6.73. The number of likely N-dealkylation sites (tertiary alicyclic amines) is 1.